The second-order valence-electron chi connectivity index (χ2n) is 10.7. The smallest absolute Gasteiger partial charge is 0.405 e. The maximum absolute atomic E-state index is 14.7. The van der Waals surface area contributed by atoms with E-state index in [-0.39, 0.29) is 17.0 Å². The average molecular weight is 703 g/mol. The molecule has 0 spiro atoms. The molecule has 47 heavy (non-hydrogen) atoms. The third kappa shape index (κ3) is 10.9. The van der Waals surface area contributed by atoms with Crippen LogP contribution in [-0.2, 0) is 19.2 Å². The van der Waals surface area contributed by atoms with E-state index >= 15 is 0 Å². The van der Waals surface area contributed by atoms with Gasteiger partial charge in [0.05, 0.1) is 12.5 Å². The molecule has 0 aliphatic rings. The van der Waals surface area contributed by atoms with E-state index in [1.54, 1.807) is 54.6 Å². The molecule has 3 aromatic rings. The number of hydrogen-bond acceptors (Lipinski definition) is 5. The molecule has 15 heteroatoms. The fourth-order valence-corrected chi connectivity index (χ4v) is 4.62. The molecule has 3 amide bonds. The van der Waals surface area contributed by atoms with Gasteiger partial charge in [-0.1, -0.05) is 85.6 Å². The van der Waals surface area contributed by atoms with Gasteiger partial charge in [-0.05, 0) is 47.4 Å². The van der Waals surface area contributed by atoms with Gasteiger partial charge < -0.3 is 20.7 Å². The molecule has 0 radical (unpaired) electrons. The summed E-state index contributed by atoms with van der Waals surface area (Å²) in [6, 6.07) is 17.1. The molecule has 3 rings (SSSR count). The van der Waals surface area contributed by atoms with Gasteiger partial charge in [-0.2, -0.15) is 22.0 Å². The fraction of sp³-hybridized carbons (Fsp3) is 0.312. The molecule has 0 heterocycles. The van der Waals surface area contributed by atoms with Crippen LogP contribution in [0.1, 0.15) is 43.5 Å². The van der Waals surface area contributed by atoms with Crippen LogP contribution < -0.4 is 20.7 Å². The highest BCUT2D eigenvalue weighted by atomic mass is 35.5. The van der Waals surface area contributed by atoms with E-state index in [1.165, 1.54) is 38.1 Å². The molecule has 0 bridgehead atoms. The van der Waals surface area contributed by atoms with Crippen molar-refractivity contribution in [3.05, 3.63) is 100 Å². The van der Waals surface area contributed by atoms with Crippen LogP contribution in [0, 0.1) is 5.92 Å². The largest absolute Gasteiger partial charge is 0.485 e. The Balaban J connectivity index is 1.86. The molecule has 3 N–H and O–H groups in total. The number of hydrogen-bond donors (Lipinski definition) is 3. The predicted molar refractivity (Wildman–Crippen MR) is 164 cm³/mol. The van der Waals surface area contributed by atoms with Gasteiger partial charge in [-0.15, -0.1) is 0 Å². The lowest BCUT2D eigenvalue weighted by atomic mass is 9.94. The summed E-state index contributed by atoms with van der Waals surface area (Å²) in [4.78, 5) is 51.7. The van der Waals surface area contributed by atoms with Gasteiger partial charge in [0, 0.05) is 10.0 Å². The summed E-state index contributed by atoms with van der Waals surface area (Å²) in [6.07, 6.45) is -6.22. The highest BCUT2D eigenvalue weighted by molar-refractivity contribution is 6.30. The van der Waals surface area contributed by atoms with Gasteiger partial charge in [0.25, 0.3) is 5.91 Å². The zero-order chi connectivity index (χ0) is 34.9. The van der Waals surface area contributed by atoms with E-state index in [2.05, 4.69) is 10.6 Å². The Hall–Kier alpha value is -4.23. The number of alkyl halides is 5. The van der Waals surface area contributed by atoms with Gasteiger partial charge in [0.2, 0.25) is 17.6 Å². The highest BCUT2D eigenvalue weighted by Gasteiger charge is 2.52. The van der Waals surface area contributed by atoms with E-state index in [9.17, 15) is 41.1 Å². The summed E-state index contributed by atoms with van der Waals surface area (Å²) in [6.45, 7) is 0.462. The second-order valence-corrected chi connectivity index (χ2v) is 11.6. The van der Waals surface area contributed by atoms with Crippen molar-refractivity contribution in [3.8, 4) is 5.75 Å². The monoisotopic (exact) mass is 701 g/mol. The van der Waals surface area contributed by atoms with Crippen molar-refractivity contribution in [2.24, 2.45) is 5.92 Å². The Morgan fingerprint density at radius 2 is 1.43 bits per heavy atom. The fourth-order valence-electron chi connectivity index (χ4n) is 4.31. The first kappa shape index (κ1) is 37.2. The van der Waals surface area contributed by atoms with Crippen molar-refractivity contribution in [1.82, 2.24) is 16.0 Å². The maximum Gasteiger partial charge on any atom is 0.405 e. The van der Waals surface area contributed by atoms with Crippen molar-refractivity contribution in [2.75, 3.05) is 6.54 Å². The SMILES string of the molecule is CC(C)[C@H](NC(=O)C(NC(=O)CC(Oc1cccc(Cl)c1)c1ccccc1)c1ccc(Cl)cc1)C(=O)C(F)(F)C(=O)NCC(F)(F)F. The van der Waals surface area contributed by atoms with E-state index in [4.69, 9.17) is 27.9 Å². The molecule has 8 nitrogen and oxygen atoms in total. The van der Waals surface area contributed by atoms with Gasteiger partial charge in [-0.3, -0.25) is 19.2 Å². The van der Waals surface area contributed by atoms with Gasteiger partial charge in [-0.25, -0.2) is 0 Å². The van der Waals surface area contributed by atoms with Crippen molar-refractivity contribution in [3.63, 3.8) is 0 Å². The molecule has 0 fully saturated rings. The molecule has 3 atom stereocenters. The number of halogens is 7. The molecule has 0 aliphatic carbocycles. The lowest BCUT2D eigenvalue weighted by molar-refractivity contribution is -0.165. The van der Waals surface area contributed by atoms with Crippen molar-refractivity contribution in [1.29, 1.82) is 0 Å². The number of benzene rings is 3. The highest BCUT2D eigenvalue weighted by Crippen LogP contribution is 2.28. The summed E-state index contributed by atoms with van der Waals surface area (Å²) in [5, 5.41) is 6.31. The molecule has 2 unspecified atom stereocenters. The Bertz CT molecular complexity index is 1560. The molecular weight excluding hydrogens is 672 g/mol. The average Bonchev–Trinajstić information content (AvgIpc) is 3.01. The van der Waals surface area contributed by atoms with Crippen molar-refractivity contribution < 1.29 is 45.9 Å². The Labute approximate surface area is 276 Å². The molecule has 252 valence electrons. The van der Waals surface area contributed by atoms with E-state index in [0.717, 1.165) is 5.32 Å². The second kappa shape index (κ2) is 16.1. The number of nitrogens with one attached hydrogen (secondary N) is 3. The predicted octanol–water partition coefficient (Wildman–Crippen LogP) is 6.38. The standard InChI is InChI=1S/C32H30Cl2F5N3O5/c1-18(2)26(28(44)32(38,39)30(46)40-17-31(35,36)37)42-29(45)27(20-11-13-21(33)14-12-20)41-25(43)16-24(19-7-4-3-5-8-19)47-23-10-6-9-22(34)15-23/h3-15,18,24,26-27H,16-17H2,1-2H3,(H,40,46)(H,41,43)(H,42,45)/t24?,26-,27?/m0/s1. The summed E-state index contributed by atoms with van der Waals surface area (Å²) < 4.78 is 73.0. The normalized spacial score (nSPS) is 13.7. The van der Waals surface area contributed by atoms with Crippen LogP contribution in [0.3, 0.4) is 0 Å². The minimum atomic E-state index is -5.01. The first-order valence-electron chi connectivity index (χ1n) is 14.1. The first-order chi connectivity index (χ1) is 22.0. The minimum Gasteiger partial charge on any atom is -0.485 e. The number of carbonyl (C=O) groups is 4. The van der Waals surface area contributed by atoms with Gasteiger partial charge in [0.1, 0.15) is 24.4 Å². The number of Topliss-reactive ketones (excluding diaryl/α,β-unsaturated/α-hetero) is 1. The Morgan fingerprint density at radius 3 is 2.00 bits per heavy atom. The van der Waals surface area contributed by atoms with Gasteiger partial charge in [0.15, 0.2) is 0 Å². The molecular formula is C32H30Cl2F5N3O5. The lowest BCUT2D eigenvalue weighted by Crippen LogP contribution is -2.58. The molecule has 0 saturated heterocycles. The topological polar surface area (TPSA) is 114 Å². The zero-order valence-corrected chi connectivity index (χ0v) is 26.4. The summed E-state index contributed by atoms with van der Waals surface area (Å²) in [7, 11) is 0. The van der Waals surface area contributed by atoms with Crippen LogP contribution in [0.2, 0.25) is 10.0 Å². The van der Waals surface area contributed by atoms with Crippen LogP contribution in [0.25, 0.3) is 0 Å². The third-order valence-corrected chi connectivity index (χ3v) is 7.17. The minimum absolute atomic E-state index is 0.150. The van der Waals surface area contributed by atoms with E-state index in [1.807, 2.05) is 0 Å². The van der Waals surface area contributed by atoms with Crippen LogP contribution >= 0.6 is 23.2 Å². The number of amides is 3. The quantitative estimate of drug-likeness (QED) is 0.133. The first-order valence-corrected chi connectivity index (χ1v) is 14.8. The van der Waals surface area contributed by atoms with Crippen molar-refractivity contribution in [2.45, 2.75) is 50.6 Å². The number of ether oxygens (including phenoxy) is 1. The van der Waals surface area contributed by atoms with Crippen LogP contribution in [-0.4, -0.2) is 48.2 Å². The van der Waals surface area contributed by atoms with Crippen LogP contribution in [0.5, 0.6) is 5.75 Å². The lowest BCUT2D eigenvalue weighted by Gasteiger charge is -2.28. The van der Waals surface area contributed by atoms with E-state index in [0.29, 0.717) is 16.3 Å². The molecule has 0 saturated carbocycles. The molecule has 0 aliphatic heterocycles. The van der Waals surface area contributed by atoms with E-state index < -0.39 is 66.3 Å². The maximum atomic E-state index is 14.7. The molecule has 3 aromatic carbocycles. The third-order valence-electron chi connectivity index (χ3n) is 6.68. The van der Waals surface area contributed by atoms with Crippen LogP contribution in [0.15, 0.2) is 78.9 Å². The Kier molecular flexibility index (Phi) is 12.7. The van der Waals surface area contributed by atoms with Crippen LogP contribution in [0.4, 0.5) is 22.0 Å². The number of carbonyl (C=O) groups excluding carboxylic acids is 4. The van der Waals surface area contributed by atoms with Crippen molar-refractivity contribution >= 4 is 46.7 Å². The molecule has 0 aromatic heterocycles. The van der Waals surface area contributed by atoms with Gasteiger partial charge >= 0.3 is 12.1 Å². The summed E-state index contributed by atoms with van der Waals surface area (Å²) in [5.74, 6) is -12.1. The zero-order valence-electron chi connectivity index (χ0n) is 24.9. The number of rotatable bonds is 14. The Morgan fingerprint density at radius 1 is 0.787 bits per heavy atom. The summed E-state index contributed by atoms with van der Waals surface area (Å²) in [5.41, 5.74) is 0.753. The summed E-state index contributed by atoms with van der Waals surface area (Å²) >= 11 is 12.1. The number of ketones is 1.